The third-order valence-corrected chi connectivity index (χ3v) is 5.52. The molecule has 0 saturated carbocycles. The Morgan fingerprint density at radius 3 is 2.43 bits per heavy atom. The van der Waals surface area contributed by atoms with Crippen molar-refractivity contribution < 1.29 is 22.8 Å². The first-order chi connectivity index (χ1) is 13.3. The minimum atomic E-state index is -4.43. The van der Waals surface area contributed by atoms with E-state index in [9.17, 15) is 22.8 Å². The van der Waals surface area contributed by atoms with E-state index in [-0.39, 0.29) is 22.5 Å². The highest BCUT2D eigenvalue weighted by atomic mass is 32.2. The van der Waals surface area contributed by atoms with Gasteiger partial charge < -0.3 is 9.88 Å². The molecule has 1 unspecified atom stereocenters. The summed E-state index contributed by atoms with van der Waals surface area (Å²) in [6.07, 6.45) is -2.37. The minimum absolute atomic E-state index is 0.0515. The summed E-state index contributed by atoms with van der Waals surface area (Å²) in [4.78, 5) is 23.3. The van der Waals surface area contributed by atoms with Crippen LogP contribution in [0.4, 0.5) is 18.0 Å². The molecule has 1 fully saturated rings. The zero-order valence-electron chi connectivity index (χ0n) is 14.5. The van der Waals surface area contributed by atoms with Crippen LogP contribution < -0.4 is 5.32 Å². The fraction of sp³-hybridized carbons (Fsp3) is 0.200. The van der Waals surface area contributed by atoms with Crippen molar-refractivity contribution in [3.63, 3.8) is 0 Å². The van der Waals surface area contributed by atoms with Gasteiger partial charge in [-0.1, -0.05) is 36.4 Å². The van der Waals surface area contributed by atoms with Gasteiger partial charge in [-0.25, -0.2) is 0 Å². The molecule has 2 heterocycles. The van der Waals surface area contributed by atoms with Crippen LogP contribution in [-0.4, -0.2) is 21.0 Å². The van der Waals surface area contributed by atoms with E-state index in [2.05, 4.69) is 5.32 Å². The highest BCUT2D eigenvalue weighted by Gasteiger charge is 2.34. The standard InChI is InChI=1S/C20H15F3N2O2S/c21-20(22,23)15-7-3-1-5-12(15)10-25-11-13(14-6-2-4-8-17(14)25)9-16-18(26)28-19(27)24-16/h1-8,11,16H,9-10H2,(H,24,27). The van der Waals surface area contributed by atoms with E-state index in [1.54, 1.807) is 16.8 Å². The van der Waals surface area contributed by atoms with E-state index < -0.39 is 17.8 Å². The van der Waals surface area contributed by atoms with Gasteiger partial charge in [0.05, 0.1) is 5.56 Å². The van der Waals surface area contributed by atoms with Gasteiger partial charge in [0, 0.05) is 41.8 Å². The first kappa shape index (κ1) is 18.6. The fourth-order valence-electron chi connectivity index (χ4n) is 3.48. The predicted molar refractivity (Wildman–Crippen MR) is 101 cm³/mol. The summed E-state index contributed by atoms with van der Waals surface area (Å²) in [6.45, 7) is 0.0515. The third-order valence-electron chi connectivity index (χ3n) is 4.73. The van der Waals surface area contributed by atoms with E-state index in [1.165, 1.54) is 12.1 Å². The molecule has 0 spiro atoms. The first-order valence-electron chi connectivity index (χ1n) is 8.57. The summed E-state index contributed by atoms with van der Waals surface area (Å²) >= 11 is 0.647. The molecule has 4 nitrogen and oxygen atoms in total. The number of amides is 1. The molecule has 0 aliphatic carbocycles. The van der Waals surface area contributed by atoms with Crippen molar-refractivity contribution in [2.75, 3.05) is 0 Å². The molecule has 1 atom stereocenters. The van der Waals surface area contributed by atoms with Crippen molar-refractivity contribution in [2.24, 2.45) is 0 Å². The van der Waals surface area contributed by atoms with Gasteiger partial charge in [0.1, 0.15) is 6.04 Å². The maximum Gasteiger partial charge on any atom is 0.416 e. The molecule has 4 rings (SSSR count). The van der Waals surface area contributed by atoms with Crippen LogP contribution in [0, 0.1) is 0 Å². The maximum absolute atomic E-state index is 13.3. The van der Waals surface area contributed by atoms with E-state index >= 15 is 0 Å². The van der Waals surface area contributed by atoms with Crippen molar-refractivity contribution in [2.45, 2.75) is 25.2 Å². The molecular formula is C20H15F3N2O2S. The number of thioether (sulfide) groups is 1. The molecule has 28 heavy (non-hydrogen) atoms. The zero-order chi connectivity index (χ0) is 19.9. The van der Waals surface area contributed by atoms with Crippen molar-refractivity contribution in [3.05, 3.63) is 71.4 Å². The number of para-hydroxylation sites is 1. The van der Waals surface area contributed by atoms with Crippen LogP contribution in [0.2, 0.25) is 0 Å². The number of fused-ring (bicyclic) bond motifs is 1. The second-order valence-electron chi connectivity index (χ2n) is 6.56. The summed E-state index contributed by atoms with van der Waals surface area (Å²) in [5.74, 6) is 0. The Labute approximate surface area is 162 Å². The SMILES string of the molecule is O=C1NC(Cc2cn(Cc3ccccc3C(F)(F)F)c3ccccc23)C(=O)S1. The number of alkyl halides is 3. The molecule has 8 heteroatoms. The highest BCUT2D eigenvalue weighted by Crippen LogP contribution is 2.33. The van der Waals surface area contributed by atoms with Crippen molar-refractivity contribution >= 4 is 33.0 Å². The summed E-state index contributed by atoms with van der Waals surface area (Å²) in [6, 6.07) is 12.2. The lowest BCUT2D eigenvalue weighted by molar-refractivity contribution is -0.138. The monoisotopic (exact) mass is 404 g/mol. The van der Waals surface area contributed by atoms with E-state index in [0.717, 1.165) is 22.5 Å². The maximum atomic E-state index is 13.3. The molecule has 1 saturated heterocycles. The molecule has 2 aromatic carbocycles. The second-order valence-corrected chi connectivity index (χ2v) is 7.54. The van der Waals surface area contributed by atoms with Gasteiger partial charge in [0.15, 0.2) is 0 Å². The predicted octanol–water partition coefficient (Wildman–Crippen LogP) is 4.60. The van der Waals surface area contributed by atoms with Gasteiger partial charge in [0.2, 0.25) is 5.12 Å². The molecule has 1 N–H and O–H groups in total. The lowest BCUT2D eigenvalue weighted by Crippen LogP contribution is -2.30. The molecule has 1 amide bonds. The normalized spacial score (nSPS) is 17.3. The topological polar surface area (TPSA) is 51.1 Å². The van der Waals surface area contributed by atoms with Gasteiger partial charge in [-0.05, 0) is 23.3 Å². The lowest BCUT2D eigenvalue weighted by atomic mass is 10.1. The van der Waals surface area contributed by atoms with Gasteiger partial charge in [-0.15, -0.1) is 0 Å². The second kappa shape index (κ2) is 7.01. The van der Waals surface area contributed by atoms with Gasteiger partial charge >= 0.3 is 6.18 Å². The van der Waals surface area contributed by atoms with E-state index in [1.807, 2.05) is 24.3 Å². The number of rotatable bonds is 4. The van der Waals surface area contributed by atoms with Gasteiger partial charge in [-0.3, -0.25) is 9.59 Å². The summed E-state index contributed by atoms with van der Waals surface area (Å²) < 4.78 is 41.7. The minimum Gasteiger partial charge on any atom is -0.343 e. The smallest absolute Gasteiger partial charge is 0.343 e. The molecule has 0 bridgehead atoms. The Hall–Kier alpha value is -2.74. The molecule has 1 aromatic heterocycles. The number of benzene rings is 2. The van der Waals surface area contributed by atoms with Crippen LogP contribution in [0.3, 0.4) is 0 Å². The quantitative estimate of drug-likeness (QED) is 0.691. The van der Waals surface area contributed by atoms with Crippen molar-refractivity contribution in [1.82, 2.24) is 9.88 Å². The number of hydrogen-bond donors (Lipinski definition) is 1. The van der Waals surface area contributed by atoms with Crippen LogP contribution in [0.25, 0.3) is 10.9 Å². The average molecular weight is 404 g/mol. The lowest BCUT2D eigenvalue weighted by Gasteiger charge is -2.13. The summed E-state index contributed by atoms with van der Waals surface area (Å²) in [7, 11) is 0. The summed E-state index contributed by atoms with van der Waals surface area (Å²) in [5, 5.41) is 2.85. The van der Waals surface area contributed by atoms with E-state index in [0.29, 0.717) is 18.2 Å². The van der Waals surface area contributed by atoms with E-state index in [4.69, 9.17) is 0 Å². The van der Waals surface area contributed by atoms with Crippen LogP contribution in [0.1, 0.15) is 16.7 Å². The average Bonchev–Trinajstić information content (AvgIpc) is 3.15. The Bertz CT molecular complexity index is 1070. The fourth-order valence-corrected chi connectivity index (χ4v) is 4.15. The number of aromatic nitrogens is 1. The number of carbonyl (C=O) groups excluding carboxylic acids is 2. The Kier molecular flexibility index (Phi) is 4.66. The number of hydrogen-bond acceptors (Lipinski definition) is 3. The van der Waals surface area contributed by atoms with Crippen molar-refractivity contribution in [3.8, 4) is 0 Å². The van der Waals surface area contributed by atoms with Crippen LogP contribution in [-0.2, 0) is 23.9 Å². The Morgan fingerprint density at radius 1 is 1.00 bits per heavy atom. The number of nitrogens with zero attached hydrogens (tertiary/aromatic N) is 1. The third kappa shape index (κ3) is 3.52. The Morgan fingerprint density at radius 2 is 1.71 bits per heavy atom. The Balaban J connectivity index is 1.72. The van der Waals surface area contributed by atoms with Gasteiger partial charge in [0.25, 0.3) is 5.24 Å². The van der Waals surface area contributed by atoms with Gasteiger partial charge in [-0.2, -0.15) is 13.2 Å². The highest BCUT2D eigenvalue weighted by molar-refractivity contribution is 8.26. The largest absolute Gasteiger partial charge is 0.416 e. The van der Waals surface area contributed by atoms with Crippen LogP contribution >= 0.6 is 11.8 Å². The van der Waals surface area contributed by atoms with Crippen molar-refractivity contribution in [1.29, 1.82) is 0 Å². The molecule has 3 aromatic rings. The molecule has 1 aliphatic rings. The first-order valence-corrected chi connectivity index (χ1v) is 9.38. The molecule has 0 radical (unpaired) electrons. The van der Waals surface area contributed by atoms with Crippen LogP contribution in [0.15, 0.2) is 54.7 Å². The summed E-state index contributed by atoms with van der Waals surface area (Å²) in [5.41, 5.74) is 1.09. The van der Waals surface area contributed by atoms with Crippen LogP contribution in [0.5, 0.6) is 0 Å². The molecule has 144 valence electrons. The molecular weight excluding hydrogens is 389 g/mol. The number of nitrogens with one attached hydrogen (secondary N) is 1. The zero-order valence-corrected chi connectivity index (χ0v) is 15.3. The number of carbonyl (C=O) groups is 2. The number of halogens is 3. The molecule has 1 aliphatic heterocycles.